The second-order valence-electron chi connectivity index (χ2n) is 3.30. The van der Waals surface area contributed by atoms with Gasteiger partial charge in [0.15, 0.2) is 0 Å². The third-order valence-electron chi connectivity index (χ3n) is 2.32. The lowest BCUT2D eigenvalue weighted by Gasteiger charge is -2.38. The minimum absolute atomic E-state index is 0.0402. The molecule has 5 nitrogen and oxygen atoms in total. The van der Waals surface area contributed by atoms with Gasteiger partial charge in [0.1, 0.15) is 0 Å². The monoisotopic (exact) mass is 180 g/mol. The van der Waals surface area contributed by atoms with Crippen molar-refractivity contribution in [2.24, 2.45) is 11.7 Å². The van der Waals surface area contributed by atoms with E-state index < -0.39 is 0 Å². The predicted molar refractivity (Wildman–Crippen MR) is 47.0 cm³/mol. The molecule has 1 aliphatic rings. The number of aromatic amines is 1. The molecular weight excluding hydrogens is 168 g/mol. The summed E-state index contributed by atoms with van der Waals surface area (Å²) in [6, 6.07) is 0. The van der Waals surface area contributed by atoms with Crippen molar-refractivity contribution in [1.82, 2.24) is 15.1 Å². The lowest BCUT2D eigenvalue weighted by atomic mass is 10.00. The highest BCUT2D eigenvalue weighted by Gasteiger charge is 2.30. The van der Waals surface area contributed by atoms with E-state index in [1.807, 2.05) is 0 Å². The van der Waals surface area contributed by atoms with Crippen LogP contribution in [0.5, 0.6) is 0 Å². The number of nitrogens with zero attached hydrogens (tertiary/aromatic N) is 2. The molecule has 0 aromatic carbocycles. The van der Waals surface area contributed by atoms with Crippen molar-refractivity contribution < 1.29 is 4.79 Å². The van der Waals surface area contributed by atoms with E-state index in [1.165, 1.54) is 6.20 Å². The molecule has 0 aliphatic carbocycles. The fourth-order valence-electron chi connectivity index (χ4n) is 1.44. The highest BCUT2D eigenvalue weighted by molar-refractivity contribution is 5.94. The Labute approximate surface area is 75.9 Å². The third-order valence-corrected chi connectivity index (χ3v) is 2.32. The van der Waals surface area contributed by atoms with Crippen molar-refractivity contribution in [3.63, 3.8) is 0 Å². The zero-order valence-electron chi connectivity index (χ0n) is 7.23. The maximum absolute atomic E-state index is 11.6. The molecule has 0 spiro atoms. The number of likely N-dealkylation sites (tertiary alicyclic amines) is 1. The molecule has 0 saturated carbocycles. The zero-order chi connectivity index (χ0) is 9.26. The molecule has 1 amide bonds. The number of nitrogens with two attached hydrogens (primary N) is 1. The van der Waals surface area contributed by atoms with Gasteiger partial charge in [0.25, 0.3) is 5.91 Å². The Hall–Kier alpha value is -1.36. The third kappa shape index (κ3) is 1.42. The van der Waals surface area contributed by atoms with Crippen LogP contribution in [0.4, 0.5) is 0 Å². The molecule has 1 aliphatic heterocycles. The van der Waals surface area contributed by atoms with E-state index >= 15 is 0 Å². The van der Waals surface area contributed by atoms with Gasteiger partial charge in [-0.3, -0.25) is 9.89 Å². The number of aromatic nitrogens is 2. The van der Waals surface area contributed by atoms with Crippen LogP contribution >= 0.6 is 0 Å². The van der Waals surface area contributed by atoms with Crippen LogP contribution in [-0.4, -0.2) is 40.6 Å². The van der Waals surface area contributed by atoms with Crippen molar-refractivity contribution in [3.8, 4) is 0 Å². The minimum atomic E-state index is 0.0402. The fourth-order valence-corrected chi connectivity index (χ4v) is 1.44. The lowest BCUT2D eigenvalue weighted by molar-refractivity contribution is 0.0515. The van der Waals surface area contributed by atoms with Gasteiger partial charge in [-0.1, -0.05) is 0 Å². The predicted octanol–water partition coefficient (Wildman–Crippen LogP) is -0.560. The topological polar surface area (TPSA) is 75.0 Å². The first kappa shape index (κ1) is 8.25. The molecule has 13 heavy (non-hydrogen) atoms. The van der Waals surface area contributed by atoms with Gasteiger partial charge in [0.05, 0.1) is 11.8 Å². The van der Waals surface area contributed by atoms with Crippen LogP contribution < -0.4 is 5.73 Å². The zero-order valence-corrected chi connectivity index (χ0v) is 7.23. The van der Waals surface area contributed by atoms with Gasteiger partial charge in [-0.15, -0.1) is 0 Å². The molecule has 0 unspecified atom stereocenters. The minimum Gasteiger partial charge on any atom is -0.338 e. The standard InChI is InChI=1S/C8H12N4O/c9-1-6-4-12(5-6)8(13)7-2-10-11-3-7/h2-3,6H,1,4-5,9H2,(H,10,11). The van der Waals surface area contributed by atoms with Gasteiger partial charge in [0.2, 0.25) is 0 Å². The number of rotatable bonds is 2. The Kier molecular flexibility index (Phi) is 2.02. The van der Waals surface area contributed by atoms with E-state index in [0.717, 1.165) is 13.1 Å². The first-order valence-corrected chi connectivity index (χ1v) is 4.29. The van der Waals surface area contributed by atoms with Crippen LogP contribution in [0.15, 0.2) is 12.4 Å². The first-order valence-electron chi connectivity index (χ1n) is 4.29. The average molecular weight is 180 g/mol. The van der Waals surface area contributed by atoms with Crippen LogP contribution in [0.3, 0.4) is 0 Å². The number of hydrogen-bond acceptors (Lipinski definition) is 3. The quantitative estimate of drug-likeness (QED) is 0.640. The number of hydrogen-bond donors (Lipinski definition) is 2. The number of carbonyl (C=O) groups excluding carboxylic acids is 1. The largest absolute Gasteiger partial charge is 0.338 e. The van der Waals surface area contributed by atoms with Crippen molar-refractivity contribution in [3.05, 3.63) is 18.0 Å². The van der Waals surface area contributed by atoms with Crippen molar-refractivity contribution in [2.45, 2.75) is 0 Å². The molecule has 0 bridgehead atoms. The Morgan fingerprint density at radius 2 is 2.54 bits per heavy atom. The van der Waals surface area contributed by atoms with Gasteiger partial charge in [0, 0.05) is 25.2 Å². The molecule has 70 valence electrons. The highest BCUT2D eigenvalue weighted by atomic mass is 16.2. The summed E-state index contributed by atoms with van der Waals surface area (Å²) in [6.07, 6.45) is 3.15. The van der Waals surface area contributed by atoms with Crippen LogP contribution in [0.2, 0.25) is 0 Å². The summed E-state index contributed by atoms with van der Waals surface area (Å²) < 4.78 is 0. The molecule has 2 rings (SSSR count). The smallest absolute Gasteiger partial charge is 0.257 e. The maximum Gasteiger partial charge on any atom is 0.257 e. The lowest BCUT2D eigenvalue weighted by Crippen LogP contribution is -2.52. The Morgan fingerprint density at radius 1 is 1.77 bits per heavy atom. The summed E-state index contributed by atoms with van der Waals surface area (Å²) in [5, 5.41) is 6.34. The van der Waals surface area contributed by atoms with Gasteiger partial charge < -0.3 is 10.6 Å². The van der Waals surface area contributed by atoms with E-state index in [-0.39, 0.29) is 5.91 Å². The maximum atomic E-state index is 11.6. The average Bonchev–Trinajstić information content (AvgIpc) is 2.53. The van der Waals surface area contributed by atoms with Gasteiger partial charge in [-0.2, -0.15) is 5.10 Å². The normalized spacial score (nSPS) is 17.2. The van der Waals surface area contributed by atoms with Crippen LogP contribution in [0.1, 0.15) is 10.4 Å². The number of carbonyl (C=O) groups is 1. The fraction of sp³-hybridized carbons (Fsp3) is 0.500. The number of nitrogens with one attached hydrogen (secondary N) is 1. The van der Waals surface area contributed by atoms with Crippen LogP contribution in [0, 0.1) is 5.92 Å². The molecule has 0 atom stereocenters. The summed E-state index contributed by atoms with van der Waals surface area (Å²) in [5.41, 5.74) is 6.08. The molecule has 2 heterocycles. The summed E-state index contributed by atoms with van der Waals surface area (Å²) in [6.45, 7) is 2.22. The van der Waals surface area contributed by atoms with Crippen LogP contribution in [-0.2, 0) is 0 Å². The summed E-state index contributed by atoms with van der Waals surface area (Å²) in [5.74, 6) is 0.523. The summed E-state index contributed by atoms with van der Waals surface area (Å²) >= 11 is 0. The molecule has 5 heteroatoms. The Balaban J connectivity index is 1.94. The van der Waals surface area contributed by atoms with Gasteiger partial charge in [-0.25, -0.2) is 0 Å². The second-order valence-corrected chi connectivity index (χ2v) is 3.30. The van der Waals surface area contributed by atoms with Crippen LogP contribution in [0.25, 0.3) is 0 Å². The van der Waals surface area contributed by atoms with E-state index in [1.54, 1.807) is 11.1 Å². The number of H-pyrrole nitrogens is 1. The van der Waals surface area contributed by atoms with E-state index in [9.17, 15) is 4.79 Å². The Bertz CT molecular complexity index is 289. The molecule has 1 aromatic heterocycles. The van der Waals surface area contributed by atoms with E-state index in [2.05, 4.69) is 10.2 Å². The van der Waals surface area contributed by atoms with Gasteiger partial charge >= 0.3 is 0 Å². The SMILES string of the molecule is NCC1CN(C(=O)c2cn[nH]c2)C1. The second kappa shape index (κ2) is 3.18. The first-order chi connectivity index (χ1) is 6.31. The summed E-state index contributed by atoms with van der Waals surface area (Å²) in [4.78, 5) is 13.4. The summed E-state index contributed by atoms with van der Waals surface area (Å²) in [7, 11) is 0. The van der Waals surface area contributed by atoms with E-state index in [0.29, 0.717) is 18.0 Å². The Morgan fingerprint density at radius 3 is 3.08 bits per heavy atom. The van der Waals surface area contributed by atoms with Crippen molar-refractivity contribution in [2.75, 3.05) is 19.6 Å². The van der Waals surface area contributed by atoms with Crippen molar-refractivity contribution in [1.29, 1.82) is 0 Å². The van der Waals surface area contributed by atoms with Gasteiger partial charge in [-0.05, 0) is 6.54 Å². The van der Waals surface area contributed by atoms with Crippen molar-refractivity contribution >= 4 is 5.91 Å². The number of amides is 1. The molecule has 1 fully saturated rings. The highest BCUT2D eigenvalue weighted by Crippen LogP contribution is 2.16. The van der Waals surface area contributed by atoms with E-state index in [4.69, 9.17) is 5.73 Å². The molecule has 3 N–H and O–H groups in total. The molecule has 1 saturated heterocycles. The molecular formula is C8H12N4O. The molecule has 1 aromatic rings. The molecule has 0 radical (unpaired) electrons.